The monoisotopic (exact) mass is 242 g/mol. The Hall–Kier alpha value is 0.270. The fraction of sp³-hybridized carbons (Fsp3) is 1.00. The first-order chi connectivity index (χ1) is 7.84. The van der Waals surface area contributed by atoms with Gasteiger partial charge in [-0.05, 0) is 32.4 Å². The predicted octanol–water partition coefficient (Wildman–Crippen LogP) is 2.35. The van der Waals surface area contributed by atoms with E-state index < -0.39 is 0 Å². The van der Waals surface area contributed by atoms with Crippen molar-refractivity contribution in [2.24, 2.45) is 0 Å². The molecule has 2 rings (SSSR count). The molecule has 16 heavy (non-hydrogen) atoms. The molecule has 0 bridgehead atoms. The van der Waals surface area contributed by atoms with Gasteiger partial charge in [-0.25, -0.2) is 0 Å². The highest BCUT2D eigenvalue weighted by molar-refractivity contribution is 8.00. The molecular formula is C13H26N2S. The number of rotatable bonds is 4. The van der Waals surface area contributed by atoms with Crippen LogP contribution in [-0.2, 0) is 0 Å². The van der Waals surface area contributed by atoms with Crippen LogP contribution in [0.4, 0.5) is 0 Å². The van der Waals surface area contributed by atoms with Gasteiger partial charge in [-0.1, -0.05) is 19.8 Å². The number of likely N-dealkylation sites (tertiary alicyclic amines) is 1. The Labute approximate surface area is 105 Å². The fourth-order valence-electron chi connectivity index (χ4n) is 2.75. The SMILES string of the molecule is CC1CC(NCCN2CCCCCC2)CS1. The van der Waals surface area contributed by atoms with Gasteiger partial charge in [0.2, 0.25) is 0 Å². The van der Waals surface area contributed by atoms with Crippen LogP contribution < -0.4 is 5.32 Å². The standard InChI is InChI=1S/C13H26N2S/c1-12-10-13(11-16-12)14-6-9-15-7-4-2-3-5-8-15/h12-14H,2-11H2,1H3. The largest absolute Gasteiger partial charge is 0.312 e. The van der Waals surface area contributed by atoms with E-state index >= 15 is 0 Å². The first kappa shape index (κ1) is 12.7. The van der Waals surface area contributed by atoms with Crippen molar-refractivity contribution in [2.75, 3.05) is 31.9 Å². The zero-order valence-electron chi connectivity index (χ0n) is 10.6. The van der Waals surface area contributed by atoms with Gasteiger partial charge in [-0.3, -0.25) is 0 Å². The lowest BCUT2D eigenvalue weighted by Crippen LogP contribution is -2.37. The van der Waals surface area contributed by atoms with Gasteiger partial charge in [-0.15, -0.1) is 0 Å². The molecular weight excluding hydrogens is 216 g/mol. The molecule has 2 heterocycles. The molecule has 2 nitrogen and oxygen atoms in total. The van der Waals surface area contributed by atoms with E-state index in [0.29, 0.717) is 0 Å². The lowest BCUT2D eigenvalue weighted by Gasteiger charge is -2.21. The summed E-state index contributed by atoms with van der Waals surface area (Å²) >= 11 is 2.12. The van der Waals surface area contributed by atoms with Crippen LogP contribution in [0, 0.1) is 0 Å². The maximum atomic E-state index is 3.72. The van der Waals surface area contributed by atoms with E-state index in [2.05, 4.69) is 28.9 Å². The van der Waals surface area contributed by atoms with Crippen molar-refractivity contribution in [1.29, 1.82) is 0 Å². The predicted molar refractivity (Wildman–Crippen MR) is 73.2 cm³/mol. The summed E-state index contributed by atoms with van der Waals surface area (Å²) in [6.45, 7) is 7.46. The number of thioether (sulfide) groups is 1. The van der Waals surface area contributed by atoms with Gasteiger partial charge in [0.05, 0.1) is 0 Å². The highest BCUT2D eigenvalue weighted by atomic mass is 32.2. The summed E-state index contributed by atoms with van der Waals surface area (Å²) in [6.07, 6.45) is 7.08. The van der Waals surface area contributed by atoms with E-state index in [-0.39, 0.29) is 0 Å². The van der Waals surface area contributed by atoms with Crippen LogP contribution in [0.1, 0.15) is 39.0 Å². The van der Waals surface area contributed by atoms with Crippen molar-refractivity contribution in [2.45, 2.75) is 50.3 Å². The van der Waals surface area contributed by atoms with Gasteiger partial charge >= 0.3 is 0 Å². The van der Waals surface area contributed by atoms with Crippen molar-refractivity contribution in [1.82, 2.24) is 10.2 Å². The Morgan fingerprint density at radius 1 is 1.19 bits per heavy atom. The zero-order chi connectivity index (χ0) is 11.2. The third-order valence-electron chi connectivity index (χ3n) is 3.76. The van der Waals surface area contributed by atoms with E-state index in [1.54, 1.807) is 0 Å². The number of hydrogen-bond acceptors (Lipinski definition) is 3. The molecule has 0 aromatic carbocycles. The number of nitrogens with one attached hydrogen (secondary N) is 1. The number of nitrogens with zero attached hydrogens (tertiary/aromatic N) is 1. The van der Waals surface area contributed by atoms with E-state index in [0.717, 1.165) is 11.3 Å². The second-order valence-electron chi connectivity index (χ2n) is 5.29. The minimum atomic E-state index is 0.784. The summed E-state index contributed by atoms with van der Waals surface area (Å²) in [5.41, 5.74) is 0. The lowest BCUT2D eigenvalue weighted by atomic mass is 10.2. The van der Waals surface area contributed by atoms with Gasteiger partial charge in [-0.2, -0.15) is 11.8 Å². The third kappa shape index (κ3) is 4.27. The maximum absolute atomic E-state index is 3.72. The van der Waals surface area contributed by atoms with Crippen molar-refractivity contribution in [3.8, 4) is 0 Å². The Kier molecular flexibility index (Phi) is 5.46. The molecule has 0 radical (unpaired) electrons. The van der Waals surface area contributed by atoms with Crippen LogP contribution in [0.3, 0.4) is 0 Å². The van der Waals surface area contributed by atoms with Gasteiger partial charge in [0.25, 0.3) is 0 Å². The van der Waals surface area contributed by atoms with Crippen molar-refractivity contribution in [3.63, 3.8) is 0 Å². The quantitative estimate of drug-likeness (QED) is 0.815. The second-order valence-corrected chi connectivity index (χ2v) is 6.76. The second kappa shape index (κ2) is 6.87. The minimum absolute atomic E-state index is 0.784. The Morgan fingerprint density at radius 3 is 2.56 bits per heavy atom. The molecule has 2 fully saturated rings. The average molecular weight is 242 g/mol. The molecule has 2 unspecified atom stereocenters. The summed E-state index contributed by atoms with van der Waals surface area (Å²) < 4.78 is 0. The third-order valence-corrected chi connectivity index (χ3v) is 5.11. The van der Waals surface area contributed by atoms with Crippen LogP contribution in [0.25, 0.3) is 0 Å². The van der Waals surface area contributed by atoms with Crippen molar-refractivity contribution >= 4 is 11.8 Å². The normalized spacial score (nSPS) is 32.8. The highest BCUT2D eigenvalue weighted by Crippen LogP contribution is 2.25. The van der Waals surface area contributed by atoms with Gasteiger partial charge in [0.15, 0.2) is 0 Å². The molecule has 0 aromatic rings. The van der Waals surface area contributed by atoms with Crippen molar-refractivity contribution < 1.29 is 0 Å². The molecule has 0 aliphatic carbocycles. The fourth-order valence-corrected chi connectivity index (χ4v) is 3.93. The minimum Gasteiger partial charge on any atom is -0.312 e. The molecule has 1 N–H and O–H groups in total. The Morgan fingerprint density at radius 2 is 1.94 bits per heavy atom. The summed E-state index contributed by atoms with van der Waals surface area (Å²) in [4.78, 5) is 2.64. The Bertz CT molecular complexity index is 190. The van der Waals surface area contributed by atoms with Crippen LogP contribution in [0.5, 0.6) is 0 Å². The van der Waals surface area contributed by atoms with Crippen LogP contribution in [-0.4, -0.2) is 48.1 Å². The van der Waals surface area contributed by atoms with Crippen molar-refractivity contribution in [3.05, 3.63) is 0 Å². The zero-order valence-corrected chi connectivity index (χ0v) is 11.4. The molecule has 0 amide bonds. The van der Waals surface area contributed by atoms with E-state index in [9.17, 15) is 0 Å². The van der Waals surface area contributed by atoms with E-state index in [4.69, 9.17) is 0 Å². The van der Waals surface area contributed by atoms with Crippen LogP contribution in [0.2, 0.25) is 0 Å². The van der Waals surface area contributed by atoms with Crippen LogP contribution in [0.15, 0.2) is 0 Å². The first-order valence-corrected chi connectivity index (χ1v) is 7.97. The summed E-state index contributed by atoms with van der Waals surface area (Å²) in [5, 5.41) is 4.59. The summed E-state index contributed by atoms with van der Waals surface area (Å²) in [5.74, 6) is 1.32. The highest BCUT2D eigenvalue weighted by Gasteiger charge is 2.21. The summed E-state index contributed by atoms with van der Waals surface area (Å²) in [7, 11) is 0. The molecule has 94 valence electrons. The van der Waals surface area contributed by atoms with Crippen LogP contribution >= 0.6 is 11.8 Å². The van der Waals surface area contributed by atoms with E-state index in [1.165, 1.54) is 64.0 Å². The molecule has 2 atom stereocenters. The molecule has 3 heteroatoms. The average Bonchev–Trinajstić information content (AvgIpc) is 2.54. The topological polar surface area (TPSA) is 15.3 Å². The lowest BCUT2D eigenvalue weighted by molar-refractivity contribution is 0.280. The maximum Gasteiger partial charge on any atom is 0.0169 e. The molecule has 2 aliphatic rings. The molecule has 0 saturated carbocycles. The summed E-state index contributed by atoms with van der Waals surface area (Å²) in [6, 6.07) is 0.784. The molecule has 0 aromatic heterocycles. The Balaban J connectivity index is 1.56. The smallest absolute Gasteiger partial charge is 0.0169 e. The molecule has 0 spiro atoms. The molecule has 2 saturated heterocycles. The number of hydrogen-bond donors (Lipinski definition) is 1. The van der Waals surface area contributed by atoms with E-state index in [1.807, 2.05) is 0 Å². The molecule has 2 aliphatic heterocycles. The van der Waals surface area contributed by atoms with Gasteiger partial charge in [0, 0.05) is 30.1 Å². The van der Waals surface area contributed by atoms with Gasteiger partial charge < -0.3 is 10.2 Å². The first-order valence-electron chi connectivity index (χ1n) is 6.92. The van der Waals surface area contributed by atoms with Gasteiger partial charge in [0.1, 0.15) is 0 Å².